The molecule has 0 aliphatic heterocycles. The average Bonchev–Trinajstić information content (AvgIpc) is 2.15. The molecule has 0 radical (unpaired) electrons. The van der Waals surface area contributed by atoms with Crippen LogP contribution in [0.25, 0.3) is 0 Å². The molecule has 0 heterocycles. The molecule has 0 amide bonds. The van der Waals surface area contributed by atoms with Crippen molar-refractivity contribution in [2.24, 2.45) is 5.73 Å². The summed E-state index contributed by atoms with van der Waals surface area (Å²) in [6.45, 7) is 0. The van der Waals surface area contributed by atoms with Crippen molar-refractivity contribution in [3.8, 4) is 0 Å². The number of hydrogen-bond donors (Lipinski definition) is 1. The fourth-order valence-corrected chi connectivity index (χ4v) is 1.58. The van der Waals surface area contributed by atoms with E-state index in [1.54, 1.807) is 0 Å². The number of rotatable bonds is 3. The van der Waals surface area contributed by atoms with Gasteiger partial charge in [-0.3, -0.25) is 0 Å². The first-order valence-corrected chi connectivity index (χ1v) is 5.00. The summed E-state index contributed by atoms with van der Waals surface area (Å²) in [6, 6.07) is 3.12. The van der Waals surface area contributed by atoms with E-state index in [0.717, 1.165) is 12.1 Å². The second-order valence-corrected chi connectivity index (χ2v) is 4.12. The van der Waals surface area contributed by atoms with Crippen LogP contribution in [0.4, 0.5) is 22.0 Å². The number of hydrogen-bond acceptors (Lipinski definition) is 2. The van der Waals surface area contributed by atoms with Crippen LogP contribution in [0.15, 0.2) is 29.2 Å². The Balaban J connectivity index is 2.76. The lowest BCUT2D eigenvalue weighted by atomic mass is 10.1. The molecule has 1 atom stereocenters. The van der Waals surface area contributed by atoms with Gasteiger partial charge < -0.3 is 5.73 Å². The Morgan fingerprint density at radius 3 is 1.94 bits per heavy atom. The van der Waals surface area contributed by atoms with Crippen LogP contribution in [0, 0.1) is 0 Å². The Kier molecular flexibility index (Phi) is 4.15. The second kappa shape index (κ2) is 5.01. The summed E-state index contributed by atoms with van der Waals surface area (Å²) in [5.41, 5.74) is 0.866. The number of benzene rings is 1. The summed E-state index contributed by atoms with van der Waals surface area (Å²) in [4.78, 5) is -0.0577. The number of alkyl halides is 5. The van der Waals surface area contributed by atoms with Gasteiger partial charge in [-0.1, -0.05) is 12.1 Å². The molecule has 0 saturated carbocycles. The van der Waals surface area contributed by atoms with Crippen LogP contribution < -0.4 is 5.73 Å². The lowest BCUT2D eigenvalue weighted by Crippen LogP contribution is -2.18. The molecule has 1 rings (SSSR count). The molecular formula is C9H8F5NS. The third kappa shape index (κ3) is 3.97. The first kappa shape index (κ1) is 13.2. The van der Waals surface area contributed by atoms with Crippen LogP contribution in [0.1, 0.15) is 11.6 Å². The van der Waals surface area contributed by atoms with Gasteiger partial charge in [-0.15, -0.1) is 0 Å². The Hall–Kier alpha value is -0.820. The van der Waals surface area contributed by atoms with E-state index in [1.165, 1.54) is 12.1 Å². The predicted molar refractivity (Wildman–Crippen MR) is 51.3 cm³/mol. The van der Waals surface area contributed by atoms with E-state index < -0.39 is 18.0 Å². The zero-order valence-corrected chi connectivity index (χ0v) is 8.66. The van der Waals surface area contributed by atoms with Crippen LogP contribution in [0.3, 0.4) is 0 Å². The monoisotopic (exact) mass is 257 g/mol. The van der Waals surface area contributed by atoms with Crippen LogP contribution in [-0.2, 0) is 0 Å². The first-order valence-electron chi connectivity index (χ1n) is 4.19. The molecule has 1 aromatic carbocycles. The molecule has 90 valence electrons. The normalized spacial score (nSPS) is 14.2. The van der Waals surface area contributed by atoms with Crippen molar-refractivity contribution in [3.05, 3.63) is 29.8 Å². The SMILES string of the molecule is NC(c1ccc(SC(F)(F)F)cc1)C(F)F. The van der Waals surface area contributed by atoms with Crippen LogP contribution in [0.2, 0.25) is 0 Å². The van der Waals surface area contributed by atoms with Gasteiger partial charge in [0.25, 0.3) is 6.43 Å². The Morgan fingerprint density at radius 1 is 1.06 bits per heavy atom. The lowest BCUT2D eigenvalue weighted by Gasteiger charge is -2.11. The minimum atomic E-state index is -4.38. The average molecular weight is 257 g/mol. The second-order valence-electron chi connectivity index (χ2n) is 2.98. The first-order chi connectivity index (χ1) is 7.29. The largest absolute Gasteiger partial charge is 0.446 e. The van der Waals surface area contributed by atoms with E-state index >= 15 is 0 Å². The van der Waals surface area contributed by atoms with Crippen molar-refractivity contribution in [2.45, 2.75) is 22.9 Å². The standard InChI is InChI=1S/C9H8F5NS/c10-8(11)7(15)5-1-3-6(4-2-5)16-9(12,13)14/h1-4,7-8H,15H2. The maximum Gasteiger partial charge on any atom is 0.446 e. The molecule has 2 N–H and O–H groups in total. The molecule has 0 saturated heterocycles. The van der Waals surface area contributed by atoms with E-state index in [9.17, 15) is 22.0 Å². The van der Waals surface area contributed by atoms with Crippen molar-refractivity contribution in [1.82, 2.24) is 0 Å². The summed E-state index contributed by atoms with van der Waals surface area (Å²) >= 11 is -0.299. The summed E-state index contributed by atoms with van der Waals surface area (Å²) in [6.07, 6.45) is -2.74. The Bertz CT molecular complexity index is 335. The number of halogens is 5. The van der Waals surface area contributed by atoms with Crippen LogP contribution >= 0.6 is 11.8 Å². The van der Waals surface area contributed by atoms with Gasteiger partial charge >= 0.3 is 5.51 Å². The van der Waals surface area contributed by atoms with Gasteiger partial charge in [-0.05, 0) is 29.5 Å². The maximum atomic E-state index is 12.2. The molecular weight excluding hydrogens is 249 g/mol. The molecule has 7 heteroatoms. The van der Waals surface area contributed by atoms with Crippen LogP contribution in [0.5, 0.6) is 0 Å². The van der Waals surface area contributed by atoms with E-state index in [-0.39, 0.29) is 22.2 Å². The van der Waals surface area contributed by atoms with Gasteiger partial charge in [-0.2, -0.15) is 13.2 Å². The number of nitrogens with two attached hydrogens (primary N) is 1. The Morgan fingerprint density at radius 2 is 1.56 bits per heavy atom. The molecule has 0 bridgehead atoms. The van der Waals surface area contributed by atoms with Gasteiger partial charge in [0.15, 0.2) is 0 Å². The van der Waals surface area contributed by atoms with E-state index in [4.69, 9.17) is 5.73 Å². The Labute approximate surface area is 92.8 Å². The third-order valence-electron chi connectivity index (χ3n) is 1.77. The van der Waals surface area contributed by atoms with Gasteiger partial charge in [0.1, 0.15) is 0 Å². The van der Waals surface area contributed by atoms with Crippen molar-refractivity contribution in [2.75, 3.05) is 0 Å². The molecule has 0 fully saturated rings. The van der Waals surface area contributed by atoms with Crippen LogP contribution in [-0.4, -0.2) is 11.9 Å². The molecule has 1 nitrogen and oxygen atoms in total. The zero-order chi connectivity index (χ0) is 12.3. The van der Waals surface area contributed by atoms with Gasteiger partial charge in [-0.25, -0.2) is 8.78 Å². The summed E-state index contributed by atoms with van der Waals surface area (Å²) < 4.78 is 60.2. The highest BCUT2D eigenvalue weighted by Crippen LogP contribution is 2.37. The summed E-state index contributed by atoms with van der Waals surface area (Å²) in [5.74, 6) is 0. The highest BCUT2D eigenvalue weighted by Gasteiger charge is 2.29. The zero-order valence-electron chi connectivity index (χ0n) is 7.84. The van der Waals surface area contributed by atoms with Crippen molar-refractivity contribution < 1.29 is 22.0 Å². The fraction of sp³-hybridized carbons (Fsp3) is 0.333. The van der Waals surface area contributed by atoms with Gasteiger partial charge in [0, 0.05) is 4.90 Å². The quantitative estimate of drug-likeness (QED) is 0.661. The molecule has 0 aromatic heterocycles. The van der Waals surface area contributed by atoms with Crippen molar-refractivity contribution in [3.63, 3.8) is 0 Å². The number of thioether (sulfide) groups is 1. The maximum absolute atomic E-state index is 12.2. The van der Waals surface area contributed by atoms with E-state index in [1.807, 2.05) is 0 Å². The lowest BCUT2D eigenvalue weighted by molar-refractivity contribution is -0.0328. The fourth-order valence-electron chi connectivity index (χ4n) is 1.04. The predicted octanol–water partition coefficient (Wildman–Crippen LogP) is 3.56. The minimum Gasteiger partial charge on any atom is -0.319 e. The summed E-state index contributed by atoms with van der Waals surface area (Å²) in [7, 11) is 0. The molecule has 0 spiro atoms. The smallest absolute Gasteiger partial charge is 0.319 e. The molecule has 1 aromatic rings. The highest BCUT2D eigenvalue weighted by molar-refractivity contribution is 8.00. The van der Waals surface area contributed by atoms with E-state index in [2.05, 4.69) is 0 Å². The minimum absolute atomic E-state index is 0.0577. The van der Waals surface area contributed by atoms with Crippen molar-refractivity contribution in [1.29, 1.82) is 0 Å². The molecule has 16 heavy (non-hydrogen) atoms. The van der Waals surface area contributed by atoms with E-state index in [0.29, 0.717) is 0 Å². The molecule has 1 unspecified atom stereocenters. The molecule has 0 aliphatic rings. The van der Waals surface area contributed by atoms with Gasteiger partial charge in [0.05, 0.1) is 6.04 Å². The summed E-state index contributed by atoms with van der Waals surface area (Å²) in [5, 5.41) is 0. The van der Waals surface area contributed by atoms with Gasteiger partial charge in [0.2, 0.25) is 0 Å². The topological polar surface area (TPSA) is 26.0 Å². The highest BCUT2D eigenvalue weighted by atomic mass is 32.2. The third-order valence-corrected chi connectivity index (χ3v) is 2.51. The molecule has 0 aliphatic carbocycles. The van der Waals surface area contributed by atoms with Crippen molar-refractivity contribution >= 4 is 11.8 Å².